The highest BCUT2D eigenvalue weighted by Gasteiger charge is 2.34. The molecule has 1 amide bonds. The van der Waals surface area contributed by atoms with Crippen LogP contribution in [-0.4, -0.2) is 21.3 Å². The zero-order valence-corrected chi connectivity index (χ0v) is 13.7. The maximum atomic E-state index is 13.9. The first-order chi connectivity index (χ1) is 11.5. The Labute approximate surface area is 146 Å². The van der Waals surface area contributed by atoms with E-state index in [-0.39, 0.29) is 15.6 Å². The number of hydrogen-bond acceptors (Lipinski definition) is 4. The van der Waals surface area contributed by atoms with E-state index in [1.807, 2.05) is 0 Å². The van der Waals surface area contributed by atoms with Gasteiger partial charge in [-0.3, -0.25) is 9.69 Å². The van der Waals surface area contributed by atoms with Gasteiger partial charge >= 0.3 is 5.97 Å². The summed E-state index contributed by atoms with van der Waals surface area (Å²) in [5, 5.41) is 8.89. The van der Waals surface area contributed by atoms with E-state index in [9.17, 15) is 14.0 Å². The third kappa shape index (κ3) is 3.08. The smallest absolute Gasteiger partial charge is 0.335 e. The summed E-state index contributed by atoms with van der Waals surface area (Å²) in [5.41, 5.74) is 0.935. The van der Waals surface area contributed by atoms with E-state index in [4.69, 9.17) is 17.3 Å². The molecule has 2 aromatic carbocycles. The van der Waals surface area contributed by atoms with E-state index in [0.29, 0.717) is 10.5 Å². The van der Waals surface area contributed by atoms with Crippen LogP contribution < -0.4 is 4.90 Å². The Morgan fingerprint density at radius 2 is 1.83 bits per heavy atom. The molecule has 0 spiro atoms. The van der Waals surface area contributed by atoms with Gasteiger partial charge in [-0.25, -0.2) is 9.18 Å². The second-order valence-electron chi connectivity index (χ2n) is 4.90. The van der Waals surface area contributed by atoms with Crippen molar-refractivity contribution in [3.8, 4) is 0 Å². The highest BCUT2D eigenvalue weighted by molar-refractivity contribution is 8.27. The molecule has 7 heteroatoms. The van der Waals surface area contributed by atoms with E-state index in [2.05, 4.69) is 0 Å². The van der Waals surface area contributed by atoms with Crippen molar-refractivity contribution in [3.63, 3.8) is 0 Å². The van der Waals surface area contributed by atoms with Crippen LogP contribution >= 0.6 is 24.0 Å². The number of benzene rings is 2. The standard InChI is InChI=1S/C17H10FNO3S2/c18-12-3-1-2-4-13(12)19-15(20)14(24-17(19)23)9-10-5-7-11(8-6-10)16(21)22/h1-9H,(H,21,22)/b14-9-. The van der Waals surface area contributed by atoms with E-state index in [1.165, 1.54) is 30.3 Å². The molecule has 24 heavy (non-hydrogen) atoms. The number of hydrogen-bond donors (Lipinski definition) is 1. The Morgan fingerprint density at radius 1 is 1.17 bits per heavy atom. The molecule has 1 heterocycles. The van der Waals surface area contributed by atoms with Crippen molar-refractivity contribution in [2.75, 3.05) is 4.90 Å². The summed E-state index contributed by atoms with van der Waals surface area (Å²) in [7, 11) is 0. The third-order valence-electron chi connectivity index (χ3n) is 3.34. The van der Waals surface area contributed by atoms with Gasteiger partial charge in [0.25, 0.3) is 5.91 Å². The number of halogens is 1. The molecule has 0 radical (unpaired) electrons. The molecule has 2 aromatic rings. The van der Waals surface area contributed by atoms with Crippen LogP contribution in [0.2, 0.25) is 0 Å². The molecule has 1 fully saturated rings. The summed E-state index contributed by atoms with van der Waals surface area (Å²) in [6, 6.07) is 12.0. The first-order valence-electron chi connectivity index (χ1n) is 6.83. The van der Waals surface area contributed by atoms with Crippen LogP contribution in [-0.2, 0) is 4.79 Å². The molecule has 0 bridgehead atoms. The van der Waals surface area contributed by atoms with Gasteiger partial charge in [0.05, 0.1) is 16.2 Å². The summed E-state index contributed by atoms with van der Waals surface area (Å²) in [5.74, 6) is -1.95. The number of thioether (sulfide) groups is 1. The molecule has 3 rings (SSSR count). The Morgan fingerprint density at radius 3 is 2.46 bits per heavy atom. The second-order valence-corrected chi connectivity index (χ2v) is 6.57. The van der Waals surface area contributed by atoms with Gasteiger partial charge in [-0.1, -0.05) is 48.2 Å². The minimum atomic E-state index is -1.02. The van der Waals surface area contributed by atoms with Gasteiger partial charge in [0.2, 0.25) is 0 Å². The predicted octanol–water partition coefficient (Wildman–Crippen LogP) is 3.93. The third-order valence-corrected chi connectivity index (χ3v) is 4.64. The molecule has 0 atom stereocenters. The lowest BCUT2D eigenvalue weighted by Gasteiger charge is -2.14. The van der Waals surface area contributed by atoms with E-state index in [1.54, 1.807) is 24.3 Å². The van der Waals surface area contributed by atoms with Crippen LogP contribution in [0.15, 0.2) is 53.4 Å². The molecular weight excluding hydrogens is 349 g/mol. The minimum Gasteiger partial charge on any atom is -0.478 e. The SMILES string of the molecule is O=C(O)c1ccc(/C=C2\SC(=S)N(c3ccccc3F)C2=O)cc1. The number of aromatic carboxylic acids is 1. The van der Waals surface area contributed by atoms with Gasteiger partial charge in [0, 0.05) is 0 Å². The lowest BCUT2D eigenvalue weighted by molar-refractivity contribution is -0.113. The summed E-state index contributed by atoms with van der Waals surface area (Å²) >= 11 is 6.27. The largest absolute Gasteiger partial charge is 0.478 e. The first-order valence-corrected chi connectivity index (χ1v) is 8.05. The van der Waals surface area contributed by atoms with Crippen LogP contribution in [0.3, 0.4) is 0 Å². The van der Waals surface area contributed by atoms with Crippen molar-refractivity contribution in [2.24, 2.45) is 0 Å². The quantitative estimate of drug-likeness (QED) is 0.665. The van der Waals surface area contributed by atoms with Crippen molar-refractivity contribution in [3.05, 3.63) is 70.4 Å². The molecule has 0 aromatic heterocycles. The fourth-order valence-electron chi connectivity index (χ4n) is 2.18. The fourth-order valence-corrected chi connectivity index (χ4v) is 3.47. The number of thiocarbonyl (C=S) groups is 1. The average Bonchev–Trinajstić information content (AvgIpc) is 2.83. The number of para-hydroxylation sites is 1. The monoisotopic (exact) mass is 359 g/mol. The number of carbonyl (C=O) groups excluding carboxylic acids is 1. The predicted molar refractivity (Wildman–Crippen MR) is 95.5 cm³/mol. The van der Waals surface area contributed by atoms with E-state index in [0.717, 1.165) is 16.7 Å². The number of carboxylic acids is 1. The normalized spacial score (nSPS) is 16.0. The van der Waals surface area contributed by atoms with Gasteiger partial charge in [-0.05, 0) is 35.9 Å². The molecular formula is C17H10FNO3S2. The second kappa shape index (κ2) is 6.54. The lowest BCUT2D eigenvalue weighted by Crippen LogP contribution is -2.28. The lowest BCUT2D eigenvalue weighted by atomic mass is 10.1. The molecule has 0 saturated carbocycles. The molecule has 1 N–H and O–H groups in total. The molecule has 0 aliphatic carbocycles. The topological polar surface area (TPSA) is 57.6 Å². The van der Waals surface area contributed by atoms with Gasteiger partial charge < -0.3 is 5.11 Å². The Kier molecular flexibility index (Phi) is 4.46. The van der Waals surface area contributed by atoms with Crippen molar-refractivity contribution in [2.45, 2.75) is 0 Å². The van der Waals surface area contributed by atoms with Crippen molar-refractivity contribution < 1.29 is 19.1 Å². The van der Waals surface area contributed by atoms with Gasteiger partial charge in [-0.2, -0.15) is 0 Å². The van der Waals surface area contributed by atoms with Gasteiger partial charge in [0.15, 0.2) is 4.32 Å². The van der Waals surface area contributed by atoms with Crippen LogP contribution in [0, 0.1) is 5.82 Å². The van der Waals surface area contributed by atoms with E-state index >= 15 is 0 Å². The van der Waals surface area contributed by atoms with Gasteiger partial charge in [0.1, 0.15) is 5.82 Å². The highest BCUT2D eigenvalue weighted by Crippen LogP contribution is 2.36. The van der Waals surface area contributed by atoms with Crippen LogP contribution in [0.4, 0.5) is 10.1 Å². The Balaban J connectivity index is 1.91. The maximum Gasteiger partial charge on any atom is 0.335 e. The average molecular weight is 359 g/mol. The Hall–Kier alpha value is -2.51. The molecule has 1 aliphatic rings. The Bertz CT molecular complexity index is 878. The number of nitrogens with zero attached hydrogens (tertiary/aromatic N) is 1. The van der Waals surface area contributed by atoms with Crippen LogP contribution in [0.25, 0.3) is 6.08 Å². The number of carboxylic acid groups (broad SMARTS) is 1. The number of amides is 1. The zero-order chi connectivity index (χ0) is 17.3. The van der Waals surface area contributed by atoms with Crippen LogP contribution in [0.1, 0.15) is 15.9 Å². The summed E-state index contributed by atoms with van der Waals surface area (Å²) in [4.78, 5) is 24.9. The summed E-state index contributed by atoms with van der Waals surface area (Å²) < 4.78 is 14.2. The molecule has 1 saturated heterocycles. The maximum absolute atomic E-state index is 13.9. The van der Waals surface area contributed by atoms with Crippen molar-refractivity contribution in [1.29, 1.82) is 0 Å². The molecule has 1 aliphatic heterocycles. The van der Waals surface area contributed by atoms with Gasteiger partial charge in [-0.15, -0.1) is 0 Å². The van der Waals surface area contributed by atoms with Crippen molar-refractivity contribution in [1.82, 2.24) is 0 Å². The summed E-state index contributed by atoms with van der Waals surface area (Å²) in [6.07, 6.45) is 1.60. The van der Waals surface area contributed by atoms with E-state index < -0.39 is 17.7 Å². The molecule has 0 unspecified atom stereocenters. The minimum absolute atomic E-state index is 0.115. The number of rotatable bonds is 3. The number of carbonyl (C=O) groups is 2. The summed E-state index contributed by atoms with van der Waals surface area (Å²) in [6.45, 7) is 0. The first kappa shape index (κ1) is 16.4. The fraction of sp³-hybridized carbons (Fsp3) is 0. The molecule has 4 nitrogen and oxygen atoms in total. The zero-order valence-electron chi connectivity index (χ0n) is 12.1. The number of anilines is 1. The van der Waals surface area contributed by atoms with Crippen molar-refractivity contribution >= 4 is 51.9 Å². The molecule has 120 valence electrons. The van der Waals surface area contributed by atoms with Crippen LogP contribution in [0.5, 0.6) is 0 Å². The highest BCUT2D eigenvalue weighted by atomic mass is 32.2.